The van der Waals surface area contributed by atoms with Gasteiger partial charge in [0, 0.05) is 30.8 Å². The molecule has 0 atom stereocenters. The molecule has 1 heterocycles. The van der Waals surface area contributed by atoms with Crippen LogP contribution >= 0.6 is 0 Å². The molecule has 0 spiro atoms. The number of likely N-dealkylation sites (tertiary alicyclic amines) is 1. The van der Waals surface area contributed by atoms with Crippen LogP contribution in [0.5, 0.6) is 11.5 Å². The molecule has 7 nitrogen and oxygen atoms in total. The lowest BCUT2D eigenvalue weighted by atomic mass is 10.0. The zero-order valence-corrected chi connectivity index (χ0v) is 13.8. The van der Waals surface area contributed by atoms with E-state index in [1.807, 2.05) is 6.92 Å². The Morgan fingerprint density at radius 1 is 1.21 bits per heavy atom. The molecule has 1 aromatic rings. The van der Waals surface area contributed by atoms with Gasteiger partial charge in [-0.1, -0.05) is 13.3 Å². The van der Waals surface area contributed by atoms with E-state index in [0.29, 0.717) is 32.5 Å². The first kappa shape index (κ1) is 17.9. The van der Waals surface area contributed by atoms with Crippen molar-refractivity contribution in [3.05, 3.63) is 23.8 Å². The van der Waals surface area contributed by atoms with Crippen molar-refractivity contribution in [3.8, 4) is 11.5 Å². The summed E-state index contributed by atoms with van der Waals surface area (Å²) in [4.78, 5) is 25.7. The van der Waals surface area contributed by atoms with E-state index < -0.39 is 0 Å². The van der Waals surface area contributed by atoms with Crippen molar-refractivity contribution < 1.29 is 24.5 Å². The molecular formula is C17H24N2O5. The van der Waals surface area contributed by atoms with Crippen molar-refractivity contribution in [3.63, 3.8) is 0 Å². The Labute approximate surface area is 141 Å². The van der Waals surface area contributed by atoms with Crippen LogP contribution in [0.2, 0.25) is 0 Å². The van der Waals surface area contributed by atoms with Crippen LogP contribution in [0.1, 0.15) is 43.0 Å². The lowest BCUT2D eigenvalue weighted by Gasteiger charge is -2.31. The molecule has 0 aliphatic carbocycles. The van der Waals surface area contributed by atoms with Crippen molar-refractivity contribution in [1.29, 1.82) is 0 Å². The number of ether oxygens (including phenoxy) is 1. The van der Waals surface area contributed by atoms with Crippen molar-refractivity contribution >= 4 is 12.0 Å². The second-order valence-corrected chi connectivity index (χ2v) is 5.94. The predicted octanol–water partition coefficient (Wildman–Crippen LogP) is 2.23. The standard InChI is InChI=1S/C17H24N2O5/c1-2-3-8-24-17(23)19-6-4-13(5-7-19)18-16(22)12-9-14(20)11-15(21)10-12/h9-11,13,20-21H,2-8H2,1H3,(H,18,22). The number of aromatic hydroxyl groups is 2. The Hall–Kier alpha value is -2.44. The first-order valence-corrected chi connectivity index (χ1v) is 8.25. The Morgan fingerprint density at radius 3 is 2.42 bits per heavy atom. The molecule has 1 aromatic carbocycles. The van der Waals surface area contributed by atoms with Crippen molar-refractivity contribution in [2.45, 2.75) is 38.6 Å². The van der Waals surface area contributed by atoms with Gasteiger partial charge in [-0.3, -0.25) is 4.79 Å². The summed E-state index contributed by atoms with van der Waals surface area (Å²) in [5.41, 5.74) is 0.203. The van der Waals surface area contributed by atoms with E-state index in [1.165, 1.54) is 18.2 Å². The van der Waals surface area contributed by atoms with Crippen LogP contribution in [-0.2, 0) is 4.74 Å². The normalized spacial score (nSPS) is 15.1. The molecule has 2 rings (SSSR count). The molecule has 7 heteroatoms. The van der Waals surface area contributed by atoms with Gasteiger partial charge in [-0.25, -0.2) is 4.79 Å². The molecule has 0 unspecified atom stereocenters. The quantitative estimate of drug-likeness (QED) is 0.716. The van der Waals surface area contributed by atoms with Crippen LogP contribution in [0, 0.1) is 0 Å². The number of unbranched alkanes of at least 4 members (excludes halogenated alkanes) is 1. The highest BCUT2D eigenvalue weighted by molar-refractivity contribution is 5.95. The van der Waals surface area contributed by atoms with Crippen LogP contribution in [0.25, 0.3) is 0 Å². The lowest BCUT2D eigenvalue weighted by Crippen LogP contribution is -2.46. The number of nitrogens with zero attached hydrogens (tertiary/aromatic N) is 1. The fourth-order valence-corrected chi connectivity index (χ4v) is 2.60. The van der Waals surface area contributed by atoms with Crippen LogP contribution in [0.4, 0.5) is 4.79 Å². The van der Waals surface area contributed by atoms with E-state index in [2.05, 4.69) is 5.32 Å². The maximum Gasteiger partial charge on any atom is 0.409 e. The third-order valence-corrected chi connectivity index (χ3v) is 3.98. The van der Waals surface area contributed by atoms with Crippen LogP contribution < -0.4 is 5.32 Å². The fourth-order valence-electron chi connectivity index (χ4n) is 2.60. The summed E-state index contributed by atoms with van der Waals surface area (Å²) in [6.07, 6.45) is 2.81. The van der Waals surface area contributed by atoms with Gasteiger partial charge in [0.1, 0.15) is 11.5 Å². The topological polar surface area (TPSA) is 99.1 Å². The van der Waals surface area contributed by atoms with E-state index in [-0.39, 0.29) is 35.1 Å². The number of hydrogen-bond acceptors (Lipinski definition) is 5. The second-order valence-electron chi connectivity index (χ2n) is 5.94. The van der Waals surface area contributed by atoms with Gasteiger partial charge in [0.05, 0.1) is 6.61 Å². The second kappa shape index (κ2) is 8.42. The molecule has 1 saturated heterocycles. The van der Waals surface area contributed by atoms with Gasteiger partial charge in [-0.05, 0) is 31.4 Å². The molecule has 0 bridgehead atoms. The number of phenolic OH excluding ortho intramolecular Hbond substituents is 2. The number of carbonyl (C=O) groups is 2. The number of rotatable bonds is 5. The summed E-state index contributed by atoms with van der Waals surface area (Å²) in [5, 5.41) is 21.7. The average molecular weight is 336 g/mol. The summed E-state index contributed by atoms with van der Waals surface area (Å²) in [7, 11) is 0. The van der Waals surface area contributed by atoms with Crippen LogP contribution in [-0.4, -0.2) is 52.9 Å². The molecule has 0 aromatic heterocycles. The first-order valence-electron chi connectivity index (χ1n) is 8.25. The molecule has 1 aliphatic rings. The molecule has 24 heavy (non-hydrogen) atoms. The SMILES string of the molecule is CCCCOC(=O)N1CCC(NC(=O)c2cc(O)cc(O)c2)CC1. The highest BCUT2D eigenvalue weighted by atomic mass is 16.6. The summed E-state index contributed by atoms with van der Waals surface area (Å²) >= 11 is 0. The number of benzene rings is 1. The summed E-state index contributed by atoms with van der Waals surface area (Å²) in [6, 6.07) is 3.71. The van der Waals surface area contributed by atoms with Crippen molar-refractivity contribution in [1.82, 2.24) is 10.2 Å². The molecular weight excluding hydrogens is 312 g/mol. The number of phenols is 2. The van der Waals surface area contributed by atoms with Gasteiger partial charge in [0.25, 0.3) is 5.91 Å². The van der Waals surface area contributed by atoms with E-state index in [9.17, 15) is 19.8 Å². The van der Waals surface area contributed by atoms with E-state index in [0.717, 1.165) is 12.8 Å². The Balaban J connectivity index is 1.80. The largest absolute Gasteiger partial charge is 0.508 e. The monoisotopic (exact) mass is 336 g/mol. The number of carbonyl (C=O) groups excluding carboxylic acids is 2. The Morgan fingerprint density at radius 2 is 1.83 bits per heavy atom. The lowest BCUT2D eigenvalue weighted by molar-refractivity contribution is 0.0836. The van der Waals surface area contributed by atoms with E-state index in [4.69, 9.17) is 4.74 Å². The number of amides is 2. The summed E-state index contributed by atoms with van der Waals surface area (Å²) < 4.78 is 5.18. The predicted molar refractivity (Wildman–Crippen MR) is 88.1 cm³/mol. The molecule has 3 N–H and O–H groups in total. The van der Waals surface area contributed by atoms with Crippen molar-refractivity contribution in [2.75, 3.05) is 19.7 Å². The number of piperidine rings is 1. The van der Waals surface area contributed by atoms with E-state index >= 15 is 0 Å². The highest BCUT2D eigenvalue weighted by Gasteiger charge is 2.25. The summed E-state index contributed by atoms with van der Waals surface area (Å²) in [6.45, 7) is 3.53. The minimum absolute atomic E-state index is 0.0540. The molecule has 1 fully saturated rings. The van der Waals surface area contributed by atoms with Crippen molar-refractivity contribution in [2.24, 2.45) is 0 Å². The van der Waals surface area contributed by atoms with E-state index in [1.54, 1.807) is 4.90 Å². The zero-order chi connectivity index (χ0) is 17.5. The van der Waals surface area contributed by atoms with Crippen LogP contribution in [0.15, 0.2) is 18.2 Å². The number of hydrogen-bond donors (Lipinski definition) is 3. The third kappa shape index (κ3) is 5.04. The third-order valence-electron chi connectivity index (χ3n) is 3.98. The average Bonchev–Trinajstić information content (AvgIpc) is 2.54. The summed E-state index contributed by atoms with van der Waals surface area (Å²) in [5.74, 6) is -0.681. The molecule has 132 valence electrons. The highest BCUT2D eigenvalue weighted by Crippen LogP contribution is 2.21. The minimum Gasteiger partial charge on any atom is -0.508 e. The van der Waals surface area contributed by atoms with Gasteiger partial charge in [0.2, 0.25) is 0 Å². The molecule has 0 radical (unpaired) electrons. The molecule has 2 amide bonds. The Bertz CT molecular complexity index is 562. The maximum absolute atomic E-state index is 12.2. The minimum atomic E-state index is -0.356. The van der Waals surface area contributed by atoms with Gasteiger partial charge in [0.15, 0.2) is 0 Å². The van der Waals surface area contributed by atoms with Gasteiger partial charge in [-0.2, -0.15) is 0 Å². The van der Waals surface area contributed by atoms with Crippen LogP contribution in [0.3, 0.4) is 0 Å². The van der Waals surface area contributed by atoms with Gasteiger partial charge in [-0.15, -0.1) is 0 Å². The fraction of sp³-hybridized carbons (Fsp3) is 0.529. The molecule has 0 saturated carbocycles. The molecule has 1 aliphatic heterocycles. The number of nitrogens with one attached hydrogen (secondary N) is 1. The Kier molecular flexibility index (Phi) is 6.28. The van der Waals surface area contributed by atoms with Gasteiger partial charge >= 0.3 is 6.09 Å². The maximum atomic E-state index is 12.2. The first-order chi connectivity index (χ1) is 11.5. The smallest absolute Gasteiger partial charge is 0.409 e. The van der Waals surface area contributed by atoms with Gasteiger partial charge < -0.3 is 25.2 Å². The zero-order valence-electron chi connectivity index (χ0n) is 13.8.